The van der Waals surface area contributed by atoms with Crippen molar-refractivity contribution < 1.29 is 34.2 Å². The zero-order chi connectivity index (χ0) is 30.2. The number of phenols is 1. The van der Waals surface area contributed by atoms with E-state index in [1.807, 2.05) is 30.3 Å². The van der Waals surface area contributed by atoms with E-state index in [9.17, 15) is 29.1 Å². The lowest BCUT2D eigenvalue weighted by Gasteiger charge is -2.31. The highest BCUT2D eigenvalue weighted by atomic mass is 16.4. The minimum Gasteiger partial charge on any atom is -0.508 e. The second-order valence-corrected chi connectivity index (χ2v) is 10.7. The van der Waals surface area contributed by atoms with Gasteiger partial charge in [0.15, 0.2) is 0 Å². The van der Waals surface area contributed by atoms with Crippen molar-refractivity contribution in [3.63, 3.8) is 0 Å². The number of nitrogens with one attached hydrogen (secondary N) is 2. The van der Waals surface area contributed by atoms with E-state index in [1.165, 1.54) is 21.9 Å². The molecule has 2 aromatic carbocycles. The topological polar surface area (TPSA) is 182 Å². The van der Waals surface area contributed by atoms with Gasteiger partial charge >= 0.3 is 5.97 Å². The summed E-state index contributed by atoms with van der Waals surface area (Å²) in [7, 11) is 0. The minimum absolute atomic E-state index is 0.107. The molecule has 12 heteroatoms. The third-order valence-corrected chi connectivity index (χ3v) is 7.70. The van der Waals surface area contributed by atoms with Gasteiger partial charge in [0.1, 0.15) is 30.4 Å². The third-order valence-electron chi connectivity index (χ3n) is 7.70. The third kappa shape index (κ3) is 7.64. The van der Waals surface area contributed by atoms with E-state index in [0.29, 0.717) is 38.8 Å². The molecule has 2 heterocycles. The van der Waals surface area contributed by atoms with Crippen molar-refractivity contribution >= 4 is 29.6 Å². The SMILES string of the molecule is N[C@H](Cc1ccc(O)cc1)C(=O)N1CCC[C@@H]1C(=O)N[C@@H](Cc1ccccc1)C(=O)N1CCC[C@H]1C(=O)NCC(=O)O. The lowest BCUT2D eigenvalue weighted by Crippen LogP contribution is -2.58. The van der Waals surface area contributed by atoms with Gasteiger partial charge in [-0.25, -0.2) is 0 Å². The number of aromatic hydroxyl groups is 1. The van der Waals surface area contributed by atoms with Crippen LogP contribution in [0, 0.1) is 0 Å². The normalized spacial score (nSPS) is 19.6. The van der Waals surface area contributed by atoms with Crippen LogP contribution in [0.15, 0.2) is 54.6 Å². The van der Waals surface area contributed by atoms with Crippen molar-refractivity contribution in [3.8, 4) is 5.75 Å². The molecule has 0 aliphatic carbocycles. The highest BCUT2D eigenvalue weighted by Crippen LogP contribution is 2.22. The molecule has 0 unspecified atom stereocenters. The number of carboxylic acid groups (broad SMARTS) is 1. The maximum Gasteiger partial charge on any atom is 0.322 e. The monoisotopic (exact) mass is 579 g/mol. The van der Waals surface area contributed by atoms with Gasteiger partial charge in [-0.1, -0.05) is 42.5 Å². The zero-order valence-corrected chi connectivity index (χ0v) is 23.3. The zero-order valence-electron chi connectivity index (χ0n) is 23.3. The molecule has 4 amide bonds. The van der Waals surface area contributed by atoms with Crippen LogP contribution < -0.4 is 16.4 Å². The Morgan fingerprint density at radius 1 is 0.810 bits per heavy atom. The summed E-state index contributed by atoms with van der Waals surface area (Å²) in [5.74, 6) is -2.93. The van der Waals surface area contributed by atoms with Gasteiger partial charge in [-0.05, 0) is 55.4 Å². The van der Waals surface area contributed by atoms with E-state index in [1.54, 1.807) is 12.1 Å². The largest absolute Gasteiger partial charge is 0.508 e. The highest BCUT2D eigenvalue weighted by molar-refractivity contribution is 5.96. The number of carbonyl (C=O) groups is 5. The molecular formula is C30H37N5O7. The molecule has 0 bridgehead atoms. The Kier molecular flexibility index (Phi) is 10.1. The van der Waals surface area contributed by atoms with E-state index in [4.69, 9.17) is 10.8 Å². The molecule has 6 N–H and O–H groups in total. The predicted octanol–water partition coefficient (Wildman–Crippen LogP) is 0.172. The Labute approximate surface area is 243 Å². The van der Waals surface area contributed by atoms with Gasteiger partial charge in [-0.3, -0.25) is 24.0 Å². The van der Waals surface area contributed by atoms with E-state index in [0.717, 1.165) is 11.1 Å². The molecule has 2 aliphatic heterocycles. The molecule has 0 radical (unpaired) electrons. The molecule has 0 spiro atoms. The summed E-state index contributed by atoms with van der Waals surface area (Å²) in [6, 6.07) is 12.0. The molecule has 2 saturated heterocycles. The van der Waals surface area contributed by atoms with Crippen LogP contribution in [0.3, 0.4) is 0 Å². The van der Waals surface area contributed by atoms with Crippen LogP contribution >= 0.6 is 0 Å². The van der Waals surface area contributed by atoms with Crippen molar-refractivity contribution in [1.29, 1.82) is 0 Å². The second-order valence-electron chi connectivity index (χ2n) is 10.7. The fraction of sp³-hybridized carbons (Fsp3) is 0.433. The number of hydrogen-bond donors (Lipinski definition) is 5. The van der Waals surface area contributed by atoms with Gasteiger partial charge in [-0.15, -0.1) is 0 Å². The predicted molar refractivity (Wildman–Crippen MR) is 152 cm³/mol. The number of aliphatic carboxylic acids is 1. The van der Waals surface area contributed by atoms with Crippen LogP contribution in [-0.4, -0.2) is 93.4 Å². The molecule has 0 saturated carbocycles. The van der Waals surface area contributed by atoms with Crippen LogP contribution in [0.25, 0.3) is 0 Å². The molecule has 42 heavy (non-hydrogen) atoms. The highest BCUT2D eigenvalue weighted by Gasteiger charge is 2.41. The Hall–Kier alpha value is -4.45. The first kappa shape index (κ1) is 30.5. The average Bonchev–Trinajstić information content (AvgIpc) is 3.67. The van der Waals surface area contributed by atoms with Gasteiger partial charge < -0.3 is 36.4 Å². The molecular weight excluding hydrogens is 542 g/mol. The lowest BCUT2D eigenvalue weighted by atomic mass is 10.0. The van der Waals surface area contributed by atoms with E-state index >= 15 is 0 Å². The number of hydrogen-bond acceptors (Lipinski definition) is 7. The van der Waals surface area contributed by atoms with E-state index in [-0.39, 0.29) is 24.5 Å². The molecule has 2 aliphatic rings. The first-order chi connectivity index (χ1) is 20.1. The first-order valence-corrected chi connectivity index (χ1v) is 14.1. The van der Waals surface area contributed by atoms with Crippen molar-refractivity contribution in [2.45, 2.75) is 62.7 Å². The number of phenolic OH excluding ortho intramolecular Hbond substituents is 1. The minimum atomic E-state index is -1.19. The van der Waals surface area contributed by atoms with Crippen molar-refractivity contribution in [3.05, 3.63) is 65.7 Å². The Bertz CT molecular complexity index is 1290. The van der Waals surface area contributed by atoms with Gasteiger partial charge in [0.2, 0.25) is 23.6 Å². The van der Waals surface area contributed by atoms with Crippen molar-refractivity contribution in [1.82, 2.24) is 20.4 Å². The molecule has 4 rings (SSSR count). The first-order valence-electron chi connectivity index (χ1n) is 14.1. The number of nitrogens with two attached hydrogens (primary N) is 1. The quantitative estimate of drug-likeness (QED) is 0.250. The maximum atomic E-state index is 13.8. The number of likely N-dealkylation sites (tertiary alicyclic amines) is 2. The summed E-state index contributed by atoms with van der Waals surface area (Å²) in [4.78, 5) is 67.2. The molecule has 2 fully saturated rings. The molecule has 0 aromatic heterocycles. The van der Waals surface area contributed by atoms with Crippen molar-refractivity contribution in [2.24, 2.45) is 5.73 Å². The number of amides is 4. The standard InChI is InChI=1S/C30H37N5O7/c31-22(16-20-10-12-21(36)13-11-20)29(41)34-14-5-9-25(34)28(40)33-23(17-19-6-2-1-3-7-19)30(42)35-15-4-8-24(35)27(39)32-18-26(37)38/h1-3,6-7,10-13,22-25,36H,4-5,8-9,14-18,31H2,(H,32,39)(H,33,40)(H,37,38)/t22-,23+,24+,25-/m1/s1. The van der Waals surface area contributed by atoms with E-state index in [2.05, 4.69) is 10.6 Å². The van der Waals surface area contributed by atoms with E-state index < -0.39 is 54.4 Å². The number of rotatable bonds is 11. The number of carbonyl (C=O) groups excluding carboxylic acids is 4. The summed E-state index contributed by atoms with van der Waals surface area (Å²) in [5.41, 5.74) is 7.81. The van der Waals surface area contributed by atoms with Gasteiger partial charge in [0.25, 0.3) is 0 Å². The lowest BCUT2D eigenvalue weighted by molar-refractivity contribution is -0.144. The average molecular weight is 580 g/mol. The van der Waals surface area contributed by atoms with Crippen LogP contribution in [0.5, 0.6) is 5.75 Å². The molecule has 224 valence electrons. The number of carboxylic acids is 1. The summed E-state index contributed by atoms with van der Waals surface area (Å²) in [6.07, 6.45) is 2.37. The van der Waals surface area contributed by atoms with Crippen LogP contribution in [0.1, 0.15) is 36.8 Å². The van der Waals surface area contributed by atoms with Gasteiger partial charge in [0.05, 0.1) is 6.04 Å². The summed E-state index contributed by atoms with van der Waals surface area (Å²) in [5, 5.41) is 23.6. The van der Waals surface area contributed by atoms with Gasteiger partial charge in [0, 0.05) is 19.5 Å². The summed E-state index contributed by atoms with van der Waals surface area (Å²) >= 11 is 0. The number of nitrogens with zero attached hydrogens (tertiary/aromatic N) is 2. The Morgan fingerprint density at radius 3 is 2.00 bits per heavy atom. The summed E-state index contributed by atoms with van der Waals surface area (Å²) < 4.78 is 0. The van der Waals surface area contributed by atoms with Crippen LogP contribution in [-0.2, 0) is 36.8 Å². The summed E-state index contributed by atoms with van der Waals surface area (Å²) in [6.45, 7) is 0.0999. The van der Waals surface area contributed by atoms with Crippen LogP contribution in [0.4, 0.5) is 0 Å². The fourth-order valence-electron chi connectivity index (χ4n) is 5.59. The Morgan fingerprint density at radius 2 is 1.38 bits per heavy atom. The molecule has 4 atom stereocenters. The van der Waals surface area contributed by atoms with Crippen molar-refractivity contribution in [2.75, 3.05) is 19.6 Å². The second kappa shape index (κ2) is 13.9. The molecule has 12 nitrogen and oxygen atoms in total. The fourth-order valence-corrected chi connectivity index (χ4v) is 5.59. The smallest absolute Gasteiger partial charge is 0.322 e. The van der Waals surface area contributed by atoms with Crippen LogP contribution in [0.2, 0.25) is 0 Å². The maximum absolute atomic E-state index is 13.8. The Balaban J connectivity index is 1.47. The number of benzene rings is 2. The van der Waals surface area contributed by atoms with Gasteiger partial charge in [-0.2, -0.15) is 0 Å². The molecule has 2 aromatic rings.